The SMILES string of the molecule is CCC(C)N1CC(N)CC(c2cccc(C)c2)C1. The van der Waals surface area contributed by atoms with Gasteiger partial charge in [0.2, 0.25) is 0 Å². The number of rotatable bonds is 3. The van der Waals surface area contributed by atoms with E-state index in [1.807, 2.05) is 0 Å². The Kier molecular flexibility index (Phi) is 4.41. The fourth-order valence-corrected chi connectivity index (χ4v) is 2.96. The van der Waals surface area contributed by atoms with Crippen molar-refractivity contribution in [3.63, 3.8) is 0 Å². The summed E-state index contributed by atoms with van der Waals surface area (Å²) in [5.41, 5.74) is 9.05. The van der Waals surface area contributed by atoms with E-state index in [2.05, 4.69) is 49.9 Å². The maximum absolute atomic E-state index is 6.24. The number of hydrogen-bond acceptors (Lipinski definition) is 2. The lowest BCUT2D eigenvalue weighted by molar-refractivity contribution is 0.140. The minimum Gasteiger partial charge on any atom is -0.327 e. The Hall–Kier alpha value is -0.860. The minimum absolute atomic E-state index is 0.318. The van der Waals surface area contributed by atoms with Gasteiger partial charge in [-0.2, -0.15) is 0 Å². The molecular formula is C16H26N2. The van der Waals surface area contributed by atoms with E-state index >= 15 is 0 Å². The van der Waals surface area contributed by atoms with Crippen molar-refractivity contribution in [1.29, 1.82) is 0 Å². The largest absolute Gasteiger partial charge is 0.327 e. The van der Waals surface area contributed by atoms with Gasteiger partial charge < -0.3 is 5.73 Å². The summed E-state index contributed by atoms with van der Waals surface area (Å²) in [7, 11) is 0. The second-order valence-corrected chi connectivity index (χ2v) is 5.82. The van der Waals surface area contributed by atoms with Crippen molar-refractivity contribution in [3.8, 4) is 0 Å². The molecule has 0 spiro atoms. The first-order valence-electron chi connectivity index (χ1n) is 7.16. The number of likely N-dealkylation sites (tertiary alicyclic amines) is 1. The van der Waals surface area contributed by atoms with Crippen LogP contribution in [0.2, 0.25) is 0 Å². The van der Waals surface area contributed by atoms with Crippen LogP contribution < -0.4 is 5.73 Å². The monoisotopic (exact) mass is 246 g/mol. The van der Waals surface area contributed by atoms with Crippen LogP contribution in [0.15, 0.2) is 24.3 Å². The summed E-state index contributed by atoms with van der Waals surface area (Å²) in [6.45, 7) is 8.94. The zero-order chi connectivity index (χ0) is 13.1. The molecule has 1 heterocycles. The standard InChI is InChI=1S/C16H26N2/c1-4-13(3)18-10-15(9-16(17)11-18)14-7-5-6-12(2)8-14/h5-8,13,15-16H,4,9-11,17H2,1-3H3. The highest BCUT2D eigenvalue weighted by Crippen LogP contribution is 2.28. The lowest BCUT2D eigenvalue weighted by atomic mass is 9.87. The number of aryl methyl sites for hydroxylation is 1. The van der Waals surface area contributed by atoms with E-state index in [1.54, 1.807) is 0 Å². The average molecular weight is 246 g/mol. The quantitative estimate of drug-likeness (QED) is 0.888. The Labute approximate surface area is 111 Å². The molecule has 18 heavy (non-hydrogen) atoms. The van der Waals surface area contributed by atoms with Gasteiger partial charge in [-0.15, -0.1) is 0 Å². The average Bonchev–Trinajstić information content (AvgIpc) is 2.37. The molecule has 1 saturated heterocycles. The van der Waals surface area contributed by atoms with Crippen LogP contribution >= 0.6 is 0 Å². The van der Waals surface area contributed by atoms with Gasteiger partial charge in [-0.05, 0) is 38.2 Å². The van der Waals surface area contributed by atoms with Gasteiger partial charge in [0.05, 0.1) is 0 Å². The molecule has 1 aromatic rings. The first-order valence-corrected chi connectivity index (χ1v) is 7.16. The molecule has 0 bridgehead atoms. The fourth-order valence-electron chi connectivity index (χ4n) is 2.96. The molecule has 1 aromatic carbocycles. The predicted molar refractivity (Wildman–Crippen MR) is 77.8 cm³/mol. The van der Waals surface area contributed by atoms with Gasteiger partial charge in [-0.25, -0.2) is 0 Å². The van der Waals surface area contributed by atoms with Gasteiger partial charge >= 0.3 is 0 Å². The van der Waals surface area contributed by atoms with Gasteiger partial charge in [0.1, 0.15) is 0 Å². The molecule has 0 radical (unpaired) electrons. The van der Waals surface area contributed by atoms with Crippen LogP contribution in [0.1, 0.15) is 43.7 Å². The molecule has 1 aliphatic heterocycles. The lowest BCUT2D eigenvalue weighted by Crippen LogP contribution is -2.49. The van der Waals surface area contributed by atoms with Crippen molar-refractivity contribution < 1.29 is 0 Å². The van der Waals surface area contributed by atoms with Crippen molar-refractivity contribution in [2.75, 3.05) is 13.1 Å². The second-order valence-electron chi connectivity index (χ2n) is 5.82. The van der Waals surface area contributed by atoms with Gasteiger partial charge in [0.25, 0.3) is 0 Å². The molecule has 100 valence electrons. The lowest BCUT2D eigenvalue weighted by Gasteiger charge is -2.39. The van der Waals surface area contributed by atoms with Gasteiger partial charge in [0.15, 0.2) is 0 Å². The van der Waals surface area contributed by atoms with Crippen molar-refractivity contribution in [1.82, 2.24) is 4.90 Å². The third kappa shape index (κ3) is 3.12. The molecule has 2 rings (SSSR count). The summed E-state index contributed by atoms with van der Waals surface area (Å²) >= 11 is 0. The Bertz CT molecular complexity index is 388. The Morgan fingerprint density at radius 1 is 1.39 bits per heavy atom. The number of hydrogen-bond donors (Lipinski definition) is 1. The second kappa shape index (κ2) is 5.85. The van der Waals surface area contributed by atoms with Gasteiger partial charge in [-0.1, -0.05) is 36.8 Å². The predicted octanol–water partition coefficient (Wildman–Crippen LogP) is 2.91. The third-order valence-electron chi connectivity index (χ3n) is 4.24. The highest BCUT2D eigenvalue weighted by molar-refractivity contribution is 5.26. The molecule has 0 aromatic heterocycles. The summed E-state index contributed by atoms with van der Waals surface area (Å²) in [5.74, 6) is 0.600. The molecular weight excluding hydrogens is 220 g/mol. The summed E-state index contributed by atoms with van der Waals surface area (Å²) in [5, 5.41) is 0. The highest BCUT2D eigenvalue weighted by Gasteiger charge is 2.28. The Morgan fingerprint density at radius 3 is 2.83 bits per heavy atom. The van der Waals surface area contributed by atoms with E-state index < -0.39 is 0 Å². The first-order chi connectivity index (χ1) is 8.60. The summed E-state index contributed by atoms with van der Waals surface area (Å²) in [6.07, 6.45) is 2.32. The zero-order valence-electron chi connectivity index (χ0n) is 11.9. The molecule has 0 aliphatic carbocycles. The first kappa shape index (κ1) is 13.6. The molecule has 1 aliphatic rings. The van der Waals surface area contributed by atoms with Crippen LogP contribution in [0.3, 0.4) is 0 Å². The van der Waals surface area contributed by atoms with Crippen molar-refractivity contribution >= 4 is 0 Å². The van der Waals surface area contributed by atoms with Crippen LogP contribution in [0, 0.1) is 6.92 Å². The summed E-state index contributed by atoms with van der Waals surface area (Å²) in [6, 6.07) is 9.86. The van der Waals surface area contributed by atoms with Crippen molar-refractivity contribution in [3.05, 3.63) is 35.4 Å². The molecule has 0 saturated carbocycles. The van der Waals surface area contributed by atoms with Crippen LogP contribution in [-0.4, -0.2) is 30.1 Å². The molecule has 3 unspecified atom stereocenters. The van der Waals surface area contributed by atoms with Crippen LogP contribution in [0.5, 0.6) is 0 Å². The maximum atomic E-state index is 6.24. The van der Waals surface area contributed by atoms with E-state index in [9.17, 15) is 0 Å². The van der Waals surface area contributed by atoms with E-state index in [0.717, 1.165) is 19.5 Å². The Balaban J connectivity index is 2.13. The van der Waals surface area contributed by atoms with Crippen LogP contribution in [-0.2, 0) is 0 Å². The molecule has 2 nitrogen and oxygen atoms in total. The van der Waals surface area contributed by atoms with Gasteiger partial charge in [0, 0.05) is 25.2 Å². The van der Waals surface area contributed by atoms with Gasteiger partial charge in [-0.3, -0.25) is 4.90 Å². The summed E-state index contributed by atoms with van der Waals surface area (Å²) in [4.78, 5) is 2.56. The fraction of sp³-hybridized carbons (Fsp3) is 0.625. The Morgan fingerprint density at radius 2 is 2.17 bits per heavy atom. The van der Waals surface area contributed by atoms with E-state index in [1.165, 1.54) is 17.5 Å². The number of benzene rings is 1. The van der Waals surface area contributed by atoms with Crippen molar-refractivity contribution in [2.24, 2.45) is 5.73 Å². The zero-order valence-corrected chi connectivity index (χ0v) is 11.9. The van der Waals surface area contributed by atoms with E-state index in [4.69, 9.17) is 5.73 Å². The molecule has 0 amide bonds. The normalized spacial score (nSPS) is 27.1. The van der Waals surface area contributed by atoms with Crippen LogP contribution in [0.25, 0.3) is 0 Å². The highest BCUT2D eigenvalue weighted by atomic mass is 15.2. The number of nitrogens with zero attached hydrogens (tertiary/aromatic N) is 1. The maximum Gasteiger partial charge on any atom is 0.0174 e. The smallest absolute Gasteiger partial charge is 0.0174 e. The van der Waals surface area contributed by atoms with Crippen molar-refractivity contribution in [2.45, 2.75) is 51.6 Å². The molecule has 2 heteroatoms. The van der Waals surface area contributed by atoms with E-state index in [0.29, 0.717) is 18.0 Å². The topological polar surface area (TPSA) is 29.3 Å². The van der Waals surface area contributed by atoms with E-state index in [-0.39, 0.29) is 0 Å². The summed E-state index contributed by atoms with van der Waals surface area (Å²) < 4.78 is 0. The minimum atomic E-state index is 0.318. The third-order valence-corrected chi connectivity index (χ3v) is 4.24. The number of piperidine rings is 1. The molecule has 2 N–H and O–H groups in total. The number of nitrogens with two attached hydrogens (primary N) is 1. The molecule has 1 fully saturated rings. The van der Waals surface area contributed by atoms with Crippen LogP contribution in [0.4, 0.5) is 0 Å². The molecule has 3 atom stereocenters.